The molecule has 2 rings (SSSR count). The first-order valence-electron chi connectivity index (χ1n) is 6.94. The molecule has 21 heavy (non-hydrogen) atoms. The summed E-state index contributed by atoms with van der Waals surface area (Å²) in [5, 5.41) is 13.5. The van der Waals surface area contributed by atoms with Crippen molar-refractivity contribution in [1.82, 2.24) is 14.7 Å². The number of nitriles is 1. The lowest BCUT2D eigenvalue weighted by atomic mass is 10.1. The Labute approximate surface area is 134 Å². The van der Waals surface area contributed by atoms with E-state index in [0.29, 0.717) is 5.56 Å². The summed E-state index contributed by atoms with van der Waals surface area (Å²) in [6.07, 6.45) is 0. The van der Waals surface area contributed by atoms with Crippen LogP contribution in [0.4, 0.5) is 0 Å². The Morgan fingerprint density at radius 3 is 2.81 bits per heavy atom. The van der Waals surface area contributed by atoms with Gasteiger partial charge in [-0.3, -0.25) is 9.58 Å². The van der Waals surface area contributed by atoms with Crippen LogP contribution in [0.2, 0.25) is 0 Å². The largest absolute Gasteiger partial charge is 0.296 e. The fraction of sp³-hybridized carbons (Fsp3) is 0.375. The molecule has 0 spiro atoms. The predicted octanol–water partition coefficient (Wildman–Crippen LogP) is 3.48. The van der Waals surface area contributed by atoms with Crippen LogP contribution < -0.4 is 0 Å². The topological polar surface area (TPSA) is 44.9 Å². The summed E-state index contributed by atoms with van der Waals surface area (Å²) in [5.74, 6) is 0. The van der Waals surface area contributed by atoms with Gasteiger partial charge in [0.15, 0.2) is 0 Å². The third-order valence-electron chi connectivity index (χ3n) is 3.38. The number of nitrogens with zero attached hydrogens (tertiary/aromatic N) is 4. The molecule has 1 aromatic heterocycles. The van der Waals surface area contributed by atoms with E-state index in [1.807, 2.05) is 29.8 Å². The third kappa shape index (κ3) is 3.72. The quantitative estimate of drug-likeness (QED) is 0.832. The molecule has 110 valence electrons. The zero-order valence-electron chi connectivity index (χ0n) is 12.6. The van der Waals surface area contributed by atoms with Gasteiger partial charge >= 0.3 is 0 Å². The van der Waals surface area contributed by atoms with Crippen molar-refractivity contribution < 1.29 is 0 Å². The van der Waals surface area contributed by atoms with Crippen molar-refractivity contribution in [3.05, 3.63) is 51.3 Å². The van der Waals surface area contributed by atoms with Crippen LogP contribution in [0.1, 0.15) is 29.4 Å². The monoisotopic (exact) mass is 346 g/mol. The Hall–Kier alpha value is -1.64. The molecule has 5 heteroatoms. The number of rotatable bonds is 5. The van der Waals surface area contributed by atoms with Gasteiger partial charge in [0.05, 0.1) is 27.5 Å². The van der Waals surface area contributed by atoms with Gasteiger partial charge in [0, 0.05) is 19.6 Å². The Balaban J connectivity index is 2.11. The van der Waals surface area contributed by atoms with Crippen molar-refractivity contribution in [2.45, 2.75) is 33.5 Å². The van der Waals surface area contributed by atoms with Gasteiger partial charge in [0.25, 0.3) is 0 Å². The molecule has 0 fully saturated rings. The van der Waals surface area contributed by atoms with Crippen LogP contribution in [-0.4, -0.2) is 21.7 Å². The van der Waals surface area contributed by atoms with E-state index in [2.05, 4.69) is 52.0 Å². The van der Waals surface area contributed by atoms with Crippen LogP contribution in [0.15, 0.2) is 28.7 Å². The number of hydrogen-bond acceptors (Lipinski definition) is 3. The van der Waals surface area contributed by atoms with Crippen molar-refractivity contribution in [2.75, 3.05) is 7.05 Å². The summed E-state index contributed by atoms with van der Waals surface area (Å²) in [6.45, 7) is 6.58. The maximum Gasteiger partial charge on any atom is 0.0991 e. The van der Waals surface area contributed by atoms with Gasteiger partial charge in [0.1, 0.15) is 0 Å². The molecule has 0 aliphatic heterocycles. The SMILES string of the molecule is CCn1nc(C)c(Br)c1CN(C)Cc1cccc(C#N)c1. The minimum absolute atomic E-state index is 0.705. The first-order valence-corrected chi connectivity index (χ1v) is 7.73. The van der Waals surface area contributed by atoms with Crippen molar-refractivity contribution in [3.63, 3.8) is 0 Å². The minimum atomic E-state index is 0.705. The van der Waals surface area contributed by atoms with Crippen molar-refractivity contribution >= 4 is 15.9 Å². The normalized spacial score (nSPS) is 10.9. The number of hydrogen-bond donors (Lipinski definition) is 0. The van der Waals surface area contributed by atoms with E-state index in [4.69, 9.17) is 5.26 Å². The molecule has 0 radical (unpaired) electrons. The second kappa shape index (κ2) is 6.88. The van der Waals surface area contributed by atoms with E-state index in [0.717, 1.165) is 35.4 Å². The molecular weight excluding hydrogens is 328 g/mol. The van der Waals surface area contributed by atoms with Crippen LogP contribution in [-0.2, 0) is 19.6 Å². The van der Waals surface area contributed by atoms with E-state index in [-0.39, 0.29) is 0 Å². The van der Waals surface area contributed by atoms with Gasteiger partial charge in [-0.25, -0.2) is 0 Å². The molecule has 0 bridgehead atoms. The van der Waals surface area contributed by atoms with Crippen LogP contribution in [0.3, 0.4) is 0 Å². The van der Waals surface area contributed by atoms with E-state index in [1.165, 1.54) is 5.69 Å². The fourth-order valence-corrected chi connectivity index (χ4v) is 2.79. The fourth-order valence-electron chi connectivity index (χ4n) is 2.38. The zero-order chi connectivity index (χ0) is 15.4. The van der Waals surface area contributed by atoms with Crippen LogP contribution in [0, 0.1) is 18.3 Å². The summed E-state index contributed by atoms with van der Waals surface area (Å²) in [6, 6.07) is 9.93. The van der Waals surface area contributed by atoms with Gasteiger partial charge in [-0.15, -0.1) is 0 Å². The number of benzene rings is 1. The molecule has 0 atom stereocenters. The maximum atomic E-state index is 8.96. The highest BCUT2D eigenvalue weighted by molar-refractivity contribution is 9.10. The standard InChI is InChI=1S/C16H19BrN4/c1-4-21-15(16(17)12(2)19-21)11-20(3)10-14-7-5-6-13(8-14)9-18/h5-8H,4,10-11H2,1-3H3. The molecule has 0 unspecified atom stereocenters. The predicted molar refractivity (Wildman–Crippen MR) is 86.7 cm³/mol. The average Bonchev–Trinajstić information content (AvgIpc) is 2.75. The number of aryl methyl sites for hydroxylation is 2. The molecule has 0 amide bonds. The van der Waals surface area contributed by atoms with Gasteiger partial charge in [-0.1, -0.05) is 12.1 Å². The molecule has 1 aromatic carbocycles. The molecule has 4 nitrogen and oxygen atoms in total. The van der Waals surface area contributed by atoms with Crippen molar-refractivity contribution in [3.8, 4) is 6.07 Å². The lowest BCUT2D eigenvalue weighted by Crippen LogP contribution is -2.20. The first-order chi connectivity index (χ1) is 10.0. The van der Waals surface area contributed by atoms with E-state index in [1.54, 1.807) is 0 Å². The van der Waals surface area contributed by atoms with Gasteiger partial charge in [-0.05, 0) is 54.5 Å². The number of halogens is 1. The second-order valence-corrected chi connectivity index (χ2v) is 5.94. The molecule has 0 saturated heterocycles. The lowest BCUT2D eigenvalue weighted by molar-refractivity contribution is 0.307. The highest BCUT2D eigenvalue weighted by atomic mass is 79.9. The maximum absolute atomic E-state index is 8.96. The summed E-state index contributed by atoms with van der Waals surface area (Å²) in [5.41, 5.74) is 4.06. The molecule has 2 aromatic rings. The number of aromatic nitrogens is 2. The summed E-state index contributed by atoms with van der Waals surface area (Å²) in [4.78, 5) is 2.23. The Kier molecular flexibility index (Phi) is 5.16. The smallest absolute Gasteiger partial charge is 0.0991 e. The van der Waals surface area contributed by atoms with E-state index >= 15 is 0 Å². The van der Waals surface area contributed by atoms with Crippen LogP contribution in [0.5, 0.6) is 0 Å². The Morgan fingerprint density at radius 2 is 2.14 bits per heavy atom. The molecule has 0 N–H and O–H groups in total. The summed E-state index contributed by atoms with van der Waals surface area (Å²) < 4.78 is 3.11. The van der Waals surface area contributed by atoms with Crippen LogP contribution in [0.25, 0.3) is 0 Å². The molecule has 0 aliphatic rings. The van der Waals surface area contributed by atoms with Crippen molar-refractivity contribution in [2.24, 2.45) is 0 Å². The first kappa shape index (κ1) is 15.7. The molecule has 0 saturated carbocycles. The van der Waals surface area contributed by atoms with Crippen molar-refractivity contribution in [1.29, 1.82) is 5.26 Å². The lowest BCUT2D eigenvalue weighted by Gasteiger charge is -2.18. The molecule has 1 heterocycles. The molecular formula is C16H19BrN4. The Bertz CT molecular complexity index is 669. The molecule has 0 aliphatic carbocycles. The summed E-state index contributed by atoms with van der Waals surface area (Å²) in [7, 11) is 2.08. The van der Waals surface area contributed by atoms with E-state index in [9.17, 15) is 0 Å². The van der Waals surface area contributed by atoms with Crippen LogP contribution >= 0.6 is 15.9 Å². The highest BCUT2D eigenvalue weighted by Crippen LogP contribution is 2.22. The summed E-state index contributed by atoms with van der Waals surface area (Å²) >= 11 is 3.63. The van der Waals surface area contributed by atoms with E-state index < -0.39 is 0 Å². The van der Waals surface area contributed by atoms with Gasteiger partial charge in [-0.2, -0.15) is 10.4 Å². The zero-order valence-corrected chi connectivity index (χ0v) is 14.2. The second-order valence-electron chi connectivity index (χ2n) is 5.15. The van der Waals surface area contributed by atoms with Gasteiger partial charge in [0.2, 0.25) is 0 Å². The third-order valence-corrected chi connectivity index (χ3v) is 4.41. The van der Waals surface area contributed by atoms with Gasteiger partial charge < -0.3 is 0 Å². The highest BCUT2D eigenvalue weighted by Gasteiger charge is 2.14. The Morgan fingerprint density at radius 1 is 1.38 bits per heavy atom. The minimum Gasteiger partial charge on any atom is -0.296 e. The average molecular weight is 347 g/mol.